The Hall–Kier alpha value is -0.820. The van der Waals surface area contributed by atoms with Gasteiger partial charge in [0.05, 0.1) is 6.10 Å². The number of aryl methyl sites for hydroxylation is 3. The smallest absolute Gasteiger partial charge is 0.0790 e. The molecule has 1 rings (SSSR count). The summed E-state index contributed by atoms with van der Waals surface area (Å²) in [4.78, 5) is 0. The molecule has 0 bridgehead atoms. The largest absolute Gasteiger partial charge is 0.388 e. The van der Waals surface area contributed by atoms with Crippen LogP contribution in [0, 0.1) is 20.8 Å². The summed E-state index contributed by atoms with van der Waals surface area (Å²) in [6.07, 6.45) is 0.475. The van der Waals surface area contributed by atoms with Crippen molar-refractivity contribution in [1.82, 2.24) is 0 Å². The quantitative estimate of drug-likeness (QED) is 0.738. The number of hydrogen-bond donors (Lipinski definition) is 1. The van der Waals surface area contributed by atoms with E-state index in [-0.39, 0.29) is 6.10 Å². The monoisotopic (exact) mass is 178 g/mol. The molecule has 0 fully saturated rings. The molecule has 1 aromatic rings. The molecular weight excluding hydrogens is 160 g/mol. The van der Waals surface area contributed by atoms with E-state index in [9.17, 15) is 5.11 Å². The average molecular weight is 178 g/mol. The van der Waals surface area contributed by atoms with Crippen LogP contribution in [0.1, 0.15) is 41.7 Å². The van der Waals surface area contributed by atoms with Crippen LogP contribution in [0.4, 0.5) is 0 Å². The first kappa shape index (κ1) is 10.3. The fraction of sp³-hybridized carbons (Fsp3) is 0.500. The summed E-state index contributed by atoms with van der Waals surface area (Å²) < 4.78 is 0. The highest BCUT2D eigenvalue weighted by Crippen LogP contribution is 2.23. The first-order valence-electron chi connectivity index (χ1n) is 4.82. The van der Waals surface area contributed by atoms with E-state index in [1.54, 1.807) is 0 Å². The van der Waals surface area contributed by atoms with Gasteiger partial charge in [-0.15, -0.1) is 0 Å². The van der Waals surface area contributed by atoms with Gasteiger partial charge in [0.15, 0.2) is 0 Å². The molecule has 1 atom stereocenters. The van der Waals surface area contributed by atoms with E-state index in [0.717, 1.165) is 12.0 Å². The molecule has 13 heavy (non-hydrogen) atoms. The second kappa shape index (κ2) is 3.93. The summed E-state index contributed by atoms with van der Waals surface area (Å²) in [5.41, 5.74) is 4.82. The Kier molecular flexibility index (Phi) is 3.10. The van der Waals surface area contributed by atoms with Crippen molar-refractivity contribution in [3.05, 3.63) is 34.4 Å². The molecule has 1 aromatic carbocycles. The number of aliphatic hydroxyl groups is 1. The summed E-state index contributed by atoms with van der Waals surface area (Å²) in [6.45, 7) is 8.24. The van der Waals surface area contributed by atoms with Crippen LogP contribution in [0.3, 0.4) is 0 Å². The molecule has 1 nitrogen and oxygen atoms in total. The van der Waals surface area contributed by atoms with Crippen LogP contribution >= 0.6 is 0 Å². The lowest BCUT2D eigenvalue weighted by molar-refractivity contribution is 0.173. The van der Waals surface area contributed by atoms with Crippen LogP contribution < -0.4 is 0 Å². The summed E-state index contributed by atoms with van der Waals surface area (Å²) in [7, 11) is 0. The fourth-order valence-electron chi connectivity index (χ4n) is 1.56. The van der Waals surface area contributed by atoms with E-state index in [2.05, 4.69) is 32.9 Å². The van der Waals surface area contributed by atoms with Gasteiger partial charge in [-0.2, -0.15) is 0 Å². The zero-order valence-electron chi connectivity index (χ0n) is 8.89. The molecule has 0 spiro atoms. The van der Waals surface area contributed by atoms with Gasteiger partial charge >= 0.3 is 0 Å². The maximum absolute atomic E-state index is 9.73. The number of aliphatic hydroxyl groups excluding tert-OH is 1. The molecule has 1 N–H and O–H groups in total. The highest BCUT2D eigenvalue weighted by atomic mass is 16.3. The van der Waals surface area contributed by atoms with Crippen LogP contribution in [0.25, 0.3) is 0 Å². The third kappa shape index (κ3) is 2.10. The Morgan fingerprint density at radius 2 is 1.62 bits per heavy atom. The topological polar surface area (TPSA) is 20.2 Å². The van der Waals surface area contributed by atoms with Gasteiger partial charge in [-0.1, -0.05) is 19.1 Å². The predicted octanol–water partition coefficient (Wildman–Crippen LogP) is 3.06. The van der Waals surface area contributed by atoms with Crippen molar-refractivity contribution in [1.29, 1.82) is 0 Å². The number of rotatable bonds is 2. The summed E-state index contributed by atoms with van der Waals surface area (Å²) >= 11 is 0. The SMILES string of the molecule is CC[C@H](O)c1cc(C)c(C)cc1C. The Morgan fingerprint density at radius 3 is 2.15 bits per heavy atom. The number of hydrogen-bond acceptors (Lipinski definition) is 1. The van der Waals surface area contributed by atoms with Crippen LogP contribution in [0.2, 0.25) is 0 Å². The van der Waals surface area contributed by atoms with Crippen LogP contribution in [-0.2, 0) is 0 Å². The molecule has 0 amide bonds. The van der Waals surface area contributed by atoms with Crippen molar-refractivity contribution in [2.75, 3.05) is 0 Å². The van der Waals surface area contributed by atoms with Crippen molar-refractivity contribution < 1.29 is 5.11 Å². The lowest BCUT2D eigenvalue weighted by Gasteiger charge is -2.14. The third-order valence-corrected chi connectivity index (χ3v) is 2.63. The maximum Gasteiger partial charge on any atom is 0.0790 e. The van der Waals surface area contributed by atoms with Crippen LogP contribution in [0.5, 0.6) is 0 Å². The van der Waals surface area contributed by atoms with Gasteiger partial charge < -0.3 is 5.11 Å². The lowest BCUT2D eigenvalue weighted by Crippen LogP contribution is -2.00. The average Bonchev–Trinajstić information content (AvgIpc) is 2.10. The third-order valence-electron chi connectivity index (χ3n) is 2.63. The minimum absolute atomic E-state index is 0.306. The van der Waals surface area contributed by atoms with E-state index in [0.29, 0.717) is 0 Å². The Morgan fingerprint density at radius 1 is 1.08 bits per heavy atom. The highest BCUT2D eigenvalue weighted by molar-refractivity contribution is 5.37. The van der Waals surface area contributed by atoms with Crippen molar-refractivity contribution in [3.63, 3.8) is 0 Å². The van der Waals surface area contributed by atoms with Gasteiger partial charge in [-0.05, 0) is 49.4 Å². The van der Waals surface area contributed by atoms with Gasteiger partial charge in [0, 0.05) is 0 Å². The summed E-state index contributed by atoms with van der Waals surface area (Å²) in [5.74, 6) is 0. The van der Waals surface area contributed by atoms with E-state index >= 15 is 0 Å². The lowest BCUT2D eigenvalue weighted by atomic mass is 9.96. The van der Waals surface area contributed by atoms with Crippen molar-refractivity contribution >= 4 is 0 Å². The van der Waals surface area contributed by atoms with Gasteiger partial charge in [0.25, 0.3) is 0 Å². The zero-order valence-corrected chi connectivity index (χ0v) is 8.89. The van der Waals surface area contributed by atoms with E-state index < -0.39 is 0 Å². The fourth-order valence-corrected chi connectivity index (χ4v) is 1.56. The molecular formula is C12H18O. The maximum atomic E-state index is 9.73. The molecule has 0 heterocycles. The second-order valence-electron chi connectivity index (χ2n) is 3.72. The first-order chi connectivity index (χ1) is 6.06. The normalized spacial score (nSPS) is 13.0. The molecule has 0 aromatic heterocycles. The van der Waals surface area contributed by atoms with E-state index in [1.807, 2.05) is 6.92 Å². The Labute approximate surface area is 80.4 Å². The van der Waals surface area contributed by atoms with Gasteiger partial charge in [-0.25, -0.2) is 0 Å². The summed E-state index contributed by atoms with van der Waals surface area (Å²) in [5, 5.41) is 9.73. The molecule has 0 aliphatic rings. The molecule has 0 aliphatic carbocycles. The van der Waals surface area contributed by atoms with Gasteiger partial charge in [0.2, 0.25) is 0 Å². The number of benzene rings is 1. The van der Waals surface area contributed by atoms with Crippen molar-refractivity contribution in [3.8, 4) is 0 Å². The van der Waals surface area contributed by atoms with E-state index in [4.69, 9.17) is 0 Å². The highest BCUT2D eigenvalue weighted by Gasteiger charge is 2.08. The molecule has 0 aliphatic heterocycles. The molecule has 72 valence electrons. The minimum Gasteiger partial charge on any atom is -0.388 e. The van der Waals surface area contributed by atoms with Gasteiger partial charge in [0.1, 0.15) is 0 Å². The van der Waals surface area contributed by atoms with Crippen LogP contribution in [-0.4, -0.2) is 5.11 Å². The molecule has 0 saturated heterocycles. The standard InChI is InChI=1S/C12H18O/c1-5-12(13)11-7-9(3)8(2)6-10(11)4/h6-7,12-13H,5H2,1-4H3/t12-/m0/s1. The van der Waals surface area contributed by atoms with E-state index in [1.165, 1.54) is 16.7 Å². The van der Waals surface area contributed by atoms with Gasteiger partial charge in [-0.3, -0.25) is 0 Å². The van der Waals surface area contributed by atoms with Crippen LogP contribution in [0.15, 0.2) is 12.1 Å². The first-order valence-corrected chi connectivity index (χ1v) is 4.82. The van der Waals surface area contributed by atoms with Crippen molar-refractivity contribution in [2.45, 2.75) is 40.2 Å². The Balaban J connectivity index is 3.15. The van der Waals surface area contributed by atoms with Crippen molar-refractivity contribution in [2.24, 2.45) is 0 Å². The molecule has 1 heteroatoms. The zero-order chi connectivity index (χ0) is 10.0. The molecule has 0 unspecified atom stereocenters. The minimum atomic E-state index is -0.306. The predicted molar refractivity (Wildman–Crippen MR) is 55.9 cm³/mol. The molecule has 0 radical (unpaired) electrons. The Bertz CT molecular complexity index is 302. The second-order valence-corrected chi connectivity index (χ2v) is 3.72. The summed E-state index contributed by atoms with van der Waals surface area (Å²) in [6, 6.07) is 4.24. The molecule has 0 saturated carbocycles.